The summed E-state index contributed by atoms with van der Waals surface area (Å²) in [5.74, 6) is -0.626. The Morgan fingerprint density at radius 3 is 2.58 bits per heavy atom. The lowest BCUT2D eigenvalue weighted by molar-refractivity contribution is -0.121. The first kappa shape index (κ1) is 20.2. The Bertz CT molecular complexity index is 786. The minimum Gasteiger partial charge on any atom is -0.351 e. The maximum Gasteiger partial charge on any atom is 0.314 e. The molecular formula is C17H26N4O4S. The van der Waals surface area contributed by atoms with Crippen LogP contribution in [0.15, 0.2) is 29.2 Å². The molecule has 2 rings (SSSR count). The molecule has 4 N–H and O–H groups in total. The van der Waals surface area contributed by atoms with Crippen LogP contribution < -0.4 is 15.8 Å². The van der Waals surface area contributed by atoms with Gasteiger partial charge in [0.25, 0.3) is 0 Å². The van der Waals surface area contributed by atoms with Crippen molar-refractivity contribution >= 4 is 27.6 Å². The minimum atomic E-state index is -3.69. The van der Waals surface area contributed by atoms with Crippen molar-refractivity contribution in [1.29, 1.82) is 0 Å². The summed E-state index contributed by atoms with van der Waals surface area (Å²) in [6.07, 6.45) is 1.35. The molecule has 9 heteroatoms. The summed E-state index contributed by atoms with van der Waals surface area (Å²) < 4.78 is 27.4. The Morgan fingerprint density at radius 1 is 1.27 bits per heavy atom. The summed E-state index contributed by atoms with van der Waals surface area (Å²) in [7, 11) is -3.69. The third-order valence-corrected chi connectivity index (χ3v) is 5.71. The average Bonchev–Trinajstić information content (AvgIpc) is 2.53. The van der Waals surface area contributed by atoms with Gasteiger partial charge in [-0.25, -0.2) is 17.9 Å². The van der Waals surface area contributed by atoms with Crippen LogP contribution in [-0.2, 0) is 14.8 Å². The van der Waals surface area contributed by atoms with Crippen LogP contribution in [0, 0.1) is 5.92 Å². The van der Waals surface area contributed by atoms with Gasteiger partial charge in [0.05, 0.1) is 10.8 Å². The van der Waals surface area contributed by atoms with Gasteiger partial charge in [0.1, 0.15) is 0 Å². The Balaban J connectivity index is 2.11. The van der Waals surface area contributed by atoms with E-state index in [4.69, 9.17) is 5.73 Å². The number of carbonyl (C=O) groups excluding carboxylic acids is 2. The molecular weight excluding hydrogens is 356 g/mol. The van der Waals surface area contributed by atoms with Gasteiger partial charge in [-0.2, -0.15) is 0 Å². The number of primary amides is 1. The summed E-state index contributed by atoms with van der Waals surface area (Å²) in [5.41, 5.74) is 5.06. The Morgan fingerprint density at radius 2 is 1.96 bits per heavy atom. The largest absolute Gasteiger partial charge is 0.351 e. The van der Waals surface area contributed by atoms with Gasteiger partial charge in [0, 0.05) is 24.3 Å². The number of carbonyl (C=O) groups is 2. The first-order chi connectivity index (χ1) is 12.0. The molecule has 1 atom stereocenters. The lowest BCUT2D eigenvalue weighted by Gasteiger charge is -2.30. The second-order valence-electron chi connectivity index (χ2n) is 7.50. The summed E-state index contributed by atoms with van der Waals surface area (Å²) in [6, 6.07) is 5.55. The van der Waals surface area contributed by atoms with Crippen molar-refractivity contribution in [3.05, 3.63) is 24.3 Å². The minimum absolute atomic E-state index is 0.0765. The fourth-order valence-electron chi connectivity index (χ4n) is 2.84. The molecule has 1 saturated heterocycles. The molecule has 0 bridgehead atoms. The zero-order valence-electron chi connectivity index (χ0n) is 15.3. The molecule has 144 valence electrons. The summed E-state index contributed by atoms with van der Waals surface area (Å²) >= 11 is 0. The number of urea groups is 1. The van der Waals surface area contributed by atoms with Crippen molar-refractivity contribution in [3.63, 3.8) is 0 Å². The highest BCUT2D eigenvalue weighted by atomic mass is 32.2. The van der Waals surface area contributed by atoms with Crippen molar-refractivity contribution < 1.29 is 18.0 Å². The van der Waals surface area contributed by atoms with E-state index < -0.39 is 21.6 Å². The number of nitrogens with two attached hydrogens (primary N) is 1. The summed E-state index contributed by atoms with van der Waals surface area (Å²) in [5, 5.41) is 2.74. The van der Waals surface area contributed by atoms with E-state index in [-0.39, 0.29) is 23.3 Å². The number of anilines is 1. The van der Waals surface area contributed by atoms with Crippen LogP contribution in [-0.4, -0.2) is 43.9 Å². The van der Waals surface area contributed by atoms with Crippen molar-refractivity contribution in [3.8, 4) is 0 Å². The summed E-state index contributed by atoms with van der Waals surface area (Å²) in [6.45, 7) is 6.08. The predicted molar refractivity (Wildman–Crippen MR) is 99.0 cm³/mol. The number of piperidine rings is 1. The van der Waals surface area contributed by atoms with Crippen LogP contribution in [0.3, 0.4) is 0 Å². The number of hydrogen-bond acceptors (Lipinski definition) is 4. The topological polar surface area (TPSA) is 122 Å². The monoisotopic (exact) mass is 382 g/mol. The highest BCUT2D eigenvalue weighted by Gasteiger charge is 2.28. The molecule has 1 aliphatic rings. The van der Waals surface area contributed by atoms with E-state index in [1.54, 1.807) is 32.9 Å². The van der Waals surface area contributed by atoms with E-state index in [0.29, 0.717) is 25.1 Å². The van der Waals surface area contributed by atoms with Gasteiger partial charge in [-0.3, -0.25) is 4.79 Å². The van der Waals surface area contributed by atoms with Crippen LogP contribution in [0.25, 0.3) is 0 Å². The SMILES string of the molecule is CC(C)(C)NS(=O)(=O)c1cccc(NC(=O)[C@@H]2CCCN(C(N)=O)C2)c1. The van der Waals surface area contributed by atoms with E-state index in [1.807, 2.05) is 0 Å². The van der Waals surface area contributed by atoms with Gasteiger partial charge in [-0.15, -0.1) is 0 Å². The second-order valence-corrected chi connectivity index (χ2v) is 9.18. The highest BCUT2D eigenvalue weighted by molar-refractivity contribution is 7.89. The van der Waals surface area contributed by atoms with Crippen molar-refractivity contribution in [1.82, 2.24) is 9.62 Å². The van der Waals surface area contributed by atoms with E-state index in [0.717, 1.165) is 0 Å². The molecule has 26 heavy (non-hydrogen) atoms. The lowest BCUT2D eigenvalue weighted by Crippen LogP contribution is -2.46. The van der Waals surface area contributed by atoms with Crippen LogP contribution >= 0.6 is 0 Å². The molecule has 0 aliphatic carbocycles. The Kier molecular flexibility index (Phi) is 5.92. The molecule has 1 aromatic carbocycles. The molecule has 1 aliphatic heterocycles. The molecule has 0 saturated carbocycles. The number of sulfonamides is 1. The third-order valence-electron chi connectivity index (χ3n) is 3.96. The number of rotatable bonds is 4. The Hall–Kier alpha value is -2.13. The third kappa shape index (κ3) is 5.43. The quantitative estimate of drug-likeness (QED) is 0.730. The van der Waals surface area contributed by atoms with Gasteiger partial charge in [0.15, 0.2) is 0 Å². The van der Waals surface area contributed by atoms with E-state index in [9.17, 15) is 18.0 Å². The highest BCUT2D eigenvalue weighted by Crippen LogP contribution is 2.21. The number of nitrogens with zero attached hydrogens (tertiary/aromatic N) is 1. The van der Waals surface area contributed by atoms with Crippen molar-refractivity contribution in [2.75, 3.05) is 18.4 Å². The first-order valence-electron chi connectivity index (χ1n) is 8.47. The van der Waals surface area contributed by atoms with Crippen LogP contribution in [0.5, 0.6) is 0 Å². The van der Waals surface area contributed by atoms with Crippen LogP contribution in [0.2, 0.25) is 0 Å². The fraction of sp³-hybridized carbons (Fsp3) is 0.529. The van der Waals surface area contributed by atoms with Crippen molar-refractivity contribution in [2.45, 2.75) is 44.0 Å². The van der Waals surface area contributed by atoms with E-state index >= 15 is 0 Å². The van der Waals surface area contributed by atoms with Gasteiger partial charge >= 0.3 is 6.03 Å². The van der Waals surface area contributed by atoms with E-state index in [2.05, 4.69) is 10.0 Å². The normalized spacial score (nSPS) is 18.4. The number of likely N-dealkylation sites (tertiary alicyclic amines) is 1. The van der Waals surface area contributed by atoms with Crippen LogP contribution in [0.1, 0.15) is 33.6 Å². The number of amides is 3. The molecule has 1 aromatic rings. The predicted octanol–water partition coefficient (Wildman–Crippen LogP) is 1.49. The summed E-state index contributed by atoms with van der Waals surface area (Å²) in [4.78, 5) is 25.3. The lowest BCUT2D eigenvalue weighted by atomic mass is 9.97. The zero-order valence-corrected chi connectivity index (χ0v) is 16.1. The molecule has 0 aromatic heterocycles. The maximum atomic E-state index is 12.5. The maximum absolute atomic E-state index is 12.5. The number of hydrogen-bond donors (Lipinski definition) is 3. The van der Waals surface area contributed by atoms with Gasteiger partial charge < -0.3 is 16.0 Å². The standard InChI is InChI=1S/C17H26N4O4S/c1-17(2,3)20-26(24,25)14-8-4-7-13(10-14)19-15(22)12-6-5-9-21(11-12)16(18)23/h4,7-8,10,12,20H,5-6,9,11H2,1-3H3,(H2,18,23)(H,19,22)/t12-/m1/s1. The van der Waals surface area contributed by atoms with Gasteiger partial charge in [0.2, 0.25) is 15.9 Å². The molecule has 3 amide bonds. The molecule has 0 unspecified atom stereocenters. The van der Waals surface area contributed by atoms with Crippen LogP contribution in [0.4, 0.5) is 10.5 Å². The van der Waals surface area contributed by atoms with Gasteiger partial charge in [-0.1, -0.05) is 6.07 Å². The first-order valence-corrected chi connectivity index (χ1v) is 9.95. The average molecular weight is 382 g/mol. The molecule has 0 radical (unpaired) electrons. The van der Waals surface area contributed by atoms with Crippen molar-refractivity contribution in [2.24, 2.45) is 11.7 Å². The van der Waals surface area contributed by atoms with Gasteiger partial charge in [-0.05, 0) is 51.8 Å². The fourth-order valence-corrected chi connectivity index (χ4v) is 4.30. The second kappa shape index (κ2) is 7.63. The zero-order chi connectivity index (χ0) is 19.5. The molecule has 1 heterocycles. The smallest absolute Gasteiger partial charge is 0.314 e. The Labute approximate surface area is 154 Å². The number of nitrogens with one attached hydrogen (secondary N) is 2. The van der Waals surface area contributed by atoms with E-state index in [1.165, 1.54) is 17.0 Å². The molecule has 1 fully saturated rings. The molecule has 0 spiro atoms. The number of benzene rings is 1. The molecule has 8 nitrogen and oxygen atoms in total.